The van der Waals surface area contributed by atoms with Gasteiger partial charge in [-0.1, -0.05) is 6.07 Å². The van der Waals surface area contributed by atoms with Crippen LogP contribution in [0.2, 0.25) is 0 Å². The largest absolute Gasteiger partial charge is 0.351 e. The van der Waals surface area contributed by atoms with Gasteiger partial charge in [-0.2, -0.15) is 5.10 Å². The number of hydrogen-bond donors (Lipinski definition) is 2. The first kappa shape index (κ1) is 13.9. The maximum Gasteiger partial charge on any atom is 0.240 e. The van der Waals surface area contributed by atoms with E-state index >= 15 is 0 Å². The summed E-state index contributed by atoms with van der Waals surface area (Å²) in [6, 6.07) is 4.39. The van der Waals surface area contributed by atoms with E-state index < -0.39 is 0 Å². The third-order valence-corrected chi connectivity index (χ3v) is 7.04. The fourth-order valence-corrected chi connectivity index (χ4v) is 5.87. The van der Waals surface area contributed by atoms with Crippen molar-refractivity contribution in [2.24, 2.45) is 23.7 Å². The van der Waals surface area contributed by atoms with E-state index in [-0.39, 0.29) is 12.5 Å². The Bertz CT molecular complexity index is 792. The molecule has 2 N–H and O–H groups in total. The minimum atomic E-state index is 0.0547. The SMILES string of the molecule is O=C(Cn1c(-c2cccs2)n[nH]c1=S)NC1C2C3CCC(C3)C12. The average Bonchev–Trinajstić information content (AvgIpc) is 3.07. The maximum absolute atomic E-state index is 12.5. The number of hydrogen-bond acceptors (Lipinski definition) is 4. The quantitative estimate of drug-likeness (QED) is 0.837. The Kier molecular flexibility index (Phi) is 3.03. The first-order valence-corrected chi connectivity index (χ1v) is 9.49. The molecule has 0 saturated heterocycles. The number of aromatic nitrogens is 3. The van der Waals surface area contributed by atoms with E-state index in [1.54, 1.807) is 15.9 Å². The number of nitrogens with one attached hydrogen (secondary N) is 2. The lowest BCUT2D eigenvalue weighted by atomic mass is 10.0. The molecule has 3 fully saturated rings. The van der Waals surface area contributed by atoms with Crippen molar-refractivity contribution in [1.29, 1.82) is 0 Å². The molecule has 5 rings (SSSR count). The minimum absolute atomic E-state index is 0.0547. The van der Waals surface area contributed by atoms with Crippen molar-refractivity contribution < 1.29 is 4.79 Å². The van der Waals surface area contributed by atoms with Gasteiger partial charge in [0.05, 0.1) is 4.88 Å². The first-order valence-electron chi connectivity index (χ1n) is 8.21. The standard InChI is InChI=1S/C16H18N4OS2/c21-11(17-14-12-8-3-4-9(6-8)13(12)14)7-20-15(18-19-16(20)22)10-2-1-5-23-10/h1-2,5,8-9,12-14H,3-4,6-7H2,(H,17,21)(H,19,22). The summed E-state index contributed by atoms with van der Waals surface area (Å²) < 4.78 is 2.29. The molecule has 23 heavy (non-hydrogen) atoms. The molecule has 3 aliphatic carbocycles. The van der Waals surface area contributed by atoms with Crippen molar-refractivity contribution in [1.82, 2.24) is 20.1 Å². The van der Waals surface area contributed by atoms with E-state index in [2.05, 4.69) is 15.5 Å². The summed E-state index contributed by atoms with van der Waals surface area (Å²) in [5.74, 6) is 4.05. The molecule has 4 unspecified atom stereocenters. The molecule has 3 saturated carbocycles. The number of amides is 1. The molecule has 3 aliphatic rings. The third-order valence-electron chi connectivity index (χ3n) is 5.86. The molecule has 4 atom stereocenters. The van der Waals surface area contributed by atoms with Gasteiger partial charge in [-0.15, -0.1) is 11.3 Å². The lowest BCUT2D eigenvalue weighted by Gasteiger charge is -2.11. The predicted molar refractivity (Wildman–Crippen MR) is 90.5 cm³/mol. The van der Waals surface area contributed by atoms with Gasteiger partial charge in [0.2, 0.25) is 5.91 Å². The topological polar surface area (TPSA) is 62.7 Å². The van der Waals surface area contributed by atoms with Crippen molar-refractivity contribution in [3.8, 4) is 10.7 Å². The van der Waals surface area contributed by atoms with Gasteiger partial charge in [0.25, 0.3) is 0 Å². The Labute approximate surface area is 143 Å². The number of carbonyl (C=O) groups is 1. The van der Waals surface area contributed by atoms with E-state index in [0.29, 0.717) is 10.8 Å². The second-order valence-corrected chi connectivity index (χ2v) is 8.33. The van der Waals surface area contributed by atoms with Crippen LogP contribution in [-0.2, 0) is 11.3 Å². The number of H-pyrrole nitrogens is 1. The molecule has 0 aromatic carbocycles. The highest BCUT2D eigenvalue weighted by Gasteiger charge is 2.65. The van der Waals surface area contributed by atoms with Crippen molar-refractivity contribution in [3.05, 3.63) is 22.3 Å². The van der Waals surface area contributed by atoms with E-state index in [9.17, 15) is 4.79 Å². The third kappa shape index (κ3) is 2.13. The number of nitrogens with zero attached hydrogens (tertiary/aromatic N) is 2. The van der Waals surface area contributed by atoms with Gasteiger partial charge in [0.1, 0.15) is 6.54 Å². The minimum Gasteiger partial charge on any atom is -0.351 e. The molecule has 7 heteroatoms. The number of rotatable bonds is 4. The van der Waals surface area contributed by atoms with Crippen molar-refractivity contribution in [2.45, 2.75) is 31.8 Å². The van der Waals surface area contributed by atoms with Crippen LogP contribution in [0.25, 0.3) is 10.7 Å². The average molecular weight is 346 g/mol. The molecule has 1 amide bonds. The molecule has 2 aromatic heterocycles. The fourth-order valence-electron chi connectivity index (χ4n) is 4.95. The van der Waals surface area contributed by atoms with Crippen LogP contribution in [0.4, 0.5) is 0 Å². The molecule has 5 nitrogen and oxygen atoms in total. The van der Waals surface area contributed by atoms with Crippen molar-refractivity contribution in [2.75, 3.05) is 0 Å². The second-order valence-electron chi connectivity index (χ2n) is 7.00. The van der Waals surface area contributed by atoms with E-state index in [1.165, 1.54) is 19.3 Å². The number of fused-ring (bicyclic) bond motifs is 5. The summed E-state index contributed by atoms with van der Waals surface area (Å²) in [6.45, 7) is 0.244. The molecule has 0 radical (unpaired) electrons. The highest BCUT2D eigenvalue weighted by Crippen LogP contribution is 2.65. The van der Waals surface area contributed by atoms with Crippen LogP contribution in [0.5, 0.6) is 0 Å². The predicted octanol–water partition coefficient (Wildman–Crippen LogP) is 2.83. The number of thiophene rings is 1. The lowest BCUT2D eigenvalue weighted by molar-refractivity contribution is -0.122. The fraction of sp³-hybridized carbons (Fsp3) is 0.562. The summed E-state index contributed by atoms with van der Waals surface area (Å²) in [5, 5.41) is 12.3. The summed E-state index contributed by atoms with van der Waals surface area (Å²) in [5.41, 5.74) is 0. The van der Waals surface area contributed by atoms with Crippen LogP contribution in [-0.4, -0.2) is 26.7 Å². The van der Waals surface area contributed by atoms with Gasteiger partial charge in [-0.3, -0.25) is 14.5 Å². The Morgan fingerprint density at radius 1 is 1.43 bits per heavy atom. The van der Waals surface area contributed by atoms with E-state index in [0.717, 1.165) is 34.4 Å². The summed E-state index contributed by atoms with van der Waals surface area (Å²) in [6.07, 6.45) is 4.14. The van der Waals surface area contributed by atoms with Gasteiger partial charge in [0, 0.05) is 6.04 Å². The Hall–Kier alpha value is -1.47. The van der Waals surface area contributed by atoms with Crippen molar-refractivity contribution in [3.63, 3.8) is 0 Å². The zero-order chi connectivity index (χ0) is 15.6. The van der Waals surface area contributed by atoms with Crippen LogP contribution < -0.4 is 5.32 Å². The Balaban J connectivity index is 1.30. The zero-order valence-electron chi connectivity index (χ0n) is 12.6. The molecule has 2 bridgehead atoms. The van der Waals surface area contributed by atoms with Crippen LogP contribution in [0.1, 0.15) is 19.3 Å². The molecular weight excluding hydrogens is 328 g/mol. The highest BCUT2D eigenvalue weighted by molar-refractivity contribution is 7.71. The van der Waals surface area contributed by atoms with E-state index in [1.807, 2.05) is 17.5 Å². The number of aromatic amines is 1. The van der Waals surface area contributed by atoms with Crippen LogP contribution >= 0.6 is 23.6 Å². The van der Waals surface area contributed by atoms with Gasteiger partial charge < -0.3 is 5.32 Å². The van der Waals surface area contributed by atoms with Crippen molar-refractivity contribution >= 4 is 29.5 Å². The lowest BCUT2D eigenvalue weighted by Crippen LogP contribution is -2.33. The Morgan fingerprint density at radius 2 is 2.22 bits per heavy atom. The van der Waals surface area contributed by atoms with Gasteiger partial charge in [-0.05, 0) is 66.6 Å². The molecule has 2 heterocycles. The van der Waals surface area contributed by atoms with Gasteiger partial charge in [-0.25, -0.2) is 0 Å². The first-order chi connectivity index (χ1) is 11.2. The highest BCUT2D eigenvalue weighted by atomic mass is 32.1. The monoisotopic (exact) mass is 346 g/mol. The Morgan fingerprint density at radius 3 is 2.91 bits per heavy atom. The van der Waals surface area contributed by atoms with Gasteiger partial charge >= 0.3 is 0 Å². The second kappa shape index (κ2) is 5.01. The normalized spacial score (nSPS) is 33.7. The molecular formula is C16H18N4OS2. The van der Waals surface area contributed by atoms with Crippen LogP contribution in [0.3, 0.4) is 0 Å². The molecule has 120 valence electrons. The zero-order valence-corrected chi connectivity index (χ0v) is 14.2. The smallest absolute Gasteiger partial charge is 0.240 e. The van der Waals surface area contributed by atoms with E-state index in [4.69, 9.17) is 12.2 Å². The number of carbonyl (C=O) groups excluding carboxylic acids is 1. The summed E-state index contributed by atoms with van der Waals surface area (Å²) >= 11 is 6.89. The molecule has 0 spiro atoms. The van der Waals surface area contributed by atoms with Gasteiger partial charge in [0.15, 0.2) is 10.6 Å². The van der Waals surface area contributed by atoms with Crippen LogP contribution in [0, 0.1) is 28.4 Å². The maximum atomic E-state index is 12.5. The summed E-state index contributed by atoms with van der Waals surface area (Å²) in [7, 11) is 0. The molecule has 0 aliphatic heterocycles. The van der Waals surface area contributed by atoms with Crippen LogP contribution in [0.15, 0.2) is 17.5 Å². The molecule has 2 aromatic rings. The summed E-state index contributed by atoms with van der Waals surface area (Å²) in [4.78, 5) is 13.5.